The molecule has 0 atom stereocenters. The third kappa shape index (κ3) is 52.5. The van der Waals surface area contributed by atoms with Crippen LogP contribution in [-0.2, 0) is 71.2 Å². The van der Waals surface area contributed by atoms with E-state index in [9.17, 15) is 9.59 Å². The summed E-state index contributed by atoms with van der Waals surface area (Å²) >= 11 is 0. The van der Waals surface area contributed by atoms with Crippen LogP contribution in [0.25, 0.3) is 0 Å². The van der Waals surface area contributed by atoms with Crippen molar-refractivity contribution in [1.29, 1.82) is 0 Å². The molecule has 15 heteroatoms. The molecule has 0 aliphatic carbocycles. The van der Waals surface area contributed by atoms with E-state index in [4.69, 9.17) is 61.6 Å². The van der Waals surface area contributed by atoms with Crippen molar-refractivity contribution in [3.63, 3.8) is 0 Å². The molecule has 0 aliphatic rings. The van der Waals surface area contributed by atoms with Gasteiger partial charge in [0.1, 0.15) is 13.2 Å². The van der Waals surface area contributed by atoms with Crippen molar-refractivity contribution < 1.29 is 71.2 Å². The molecular weight excluding hydrogens is 792 g/mol. The van der Waals surface area contributed by atoms with Crippen LogP contribution < -0.4 is 0 Å². The summed E-state index contributed by atoms with van der Waals surface area (Å²) in [7, 11) is 0. The standard InChI is InChI=1S/C46H88O15/c1-4-5-6-7-8-9-10-11-12-13-14-15-16-17-18-19-45(47)60-42-40-58-38-36-56-34-32-54-30-28-52-26-24-50-22-20-49-21-23-51-25-27-53-29-31-55-33-35-57-37-39-59-41-43-61-46(48)44(2)3/h2,4-43H2,1,3H3. The molecule has 0 fully saturated rings. The van der Waals surface area contributed by atoms with Crippen LogP contribution in [0.5, 0.6) is 0 Å². The summed E-state index contributed by atoms with van der Waals surface area (Å²) in [6, 6.07) is 0. The lowest BCUT2D eigenvalue weighted by Crippen LogP contribution is -2.16. The van der Waals surface area contributed by atoms with Crippen molar-refractivity contribution in [2.45, 2.75) is 117 Å². The molecule has 0 spiro atoms. The Balaban J connectivity index is 3.14. The first kappa shape index (κ1) is 59.2. The van der Waals surface area contributed by atoms with E-state index in [2.05, 4.69) is 13.5 Å². The fraction of sp³-hybridized carbons (Fsp3) is 0.913. The van der Waals surface area contributed by atoms with Crippen molar-refractivity contribution in [3.8, 4) is 0 Å². The summed E-state index contributed by atoms with van der Waals surface area (Å²) in [5.41, 5.74) is 0.368. The van der Waals surface area contributed by atoms with Crippen LogP contribution >= 0.6 is 0 Å². The van der Waals surface area contributed by atoms with E-state index < -0.39 is 5.97 Å². The molecule has 0 aromatic carbocycles. The Kier molecular flexibility index (Phi) is 51.1. The molecule has 0 bridgehead atoms. The van der Waals surface area contributed by atoms with Crippen molar-refractivity contribution in [2.75, 3.05) is 159 Å². The largest absolute Gasteiger partial charge is 0.463 e. The summed E-state index contributed by atoms with van der Waals surface area (Å²) in [5, 5.41) is 0. The van der Waals surface area contributed by atoms with Crippen molar-refractivity contribution in [3.05, 3.63) is 12.2 Å². The second-order valence-corrected chi connectivity index (χ2v) is 14.6. The minimum atomic E-state index is -0.415. The molecule has 362 valence electrons. The van der Waals surface area contributed by atoms with Gasteiger partial charge in [-0.05, 0) is 13.3 Å². The van der Waals surface area contributed by atoms with Gasteiger partial charge in [0.15, 0.2) is 0 Å². The molecule has 0 aliphatic heterocycles. The monoisotopic (exact) mass is 881 g/mol. The SMILES string of the molecule is C=C(C)C(=O)OCCOCCOCCOCCOCCOCCOCCOCCOCCOCCOCCOCCOC(=O)CCCCCCCCCCCCCCCCC. The maximum Gasteiger partial charge on any atom is 0.333 e. The second-order valence-electron chi connectivity index (χ2n) is 14.6. The molecule has 0 saturated carbocycles. The highest BCUT2D eigenvalue weighted by atomic mass is 16.6. The van der Waals surface area contributed by atoms with Gasteiger partial charge in [0, 0.05) is 12.0 Å². The summed E-state index contributed by atoms with van der Waals surface area (Å²) in [6.07, 6.45) is 20.2. The zero-order valence-electron chi connectivity index (χ0n) is 38.6. The number of carbonyl (C=O) groups excluding carboxylic acids is 2. The molecule has 0 unspecified atom stereocenters. The number of ether oxygens (including phenoxy) is 13. The predicted molar refractivity (Wildman–Crippen MR) is 235 cm³/mol. The number of hydrogen-bond acceptors (Lipinski definition) is 15. The van der Waals surface area contributed by atoms with Gasteiger partial charge >= 0.3 is 11.9 Å². The fourth-order valence-electron chi connectivity index (χ4n) is 5.54. The first-order valence-corrected chi connectivity index (χ1v) is 23.4. The Morgan fingerprint density at radius 3 is 0.770 bits per heavy atom. The van der Waals surface area contributed by atoms with Crippen LogP contribution in [0.15, 0.2) is 12.2 Å². The summed E-state index contributed by atoms with van der Waals surface area (Å²) in [5.74, 6) is -0.550. The Bertz CT molecular complexity index is 910. The smallest absolute Gasteiger partial charge is 0.333 e. The third-order valence-electron chi connectivity index (χ3n) is 9.00. The third-order valence-corrected chi connectivity index (χ3v) is 9.00. The van der Waals surface area contributed by atoms with Gasteiger partial charge in [0.2, 0.25) is 0 Å². The molecule has 15 nitrogen and oxygen atoms in total. The van der Waals surface area contributed by atoms with E-state index in [-0.39, 0.29) is 19.2 Å². The maximum absolute atomic E-state index is 11.9. The molecular formula is C46H88O15. The van der Waals surface area contributed by atoms with E-state index in [1.165, 1.54) is 83.5 Å². The number of rotatable bonds is 53. The fourth-order valence-corrected chi connectivity index (χ4v) is 5.54. The number of unbranched alkanes of at least 4 members (excludes halogenated alkanes) is 14. The van der Waals surface area contributed by atoms with Crippen LogP contribution in [0.1, 0.15) is 117 Å². The van der Waals surface area contributed by atoms with Crippen LogP contribution in [0.3, 0.4) is 0 Å². The average Bonchev–Trinajstić information content (AvgIpc) is 3.25. The van der Waals surface area contributed by atoms with Gasteiger partial charge in [-0.25, -0.2) is 4.79 Å². The van der Waals surface area contributed by atoms with Crippen LogP contribution in [0, 0.1) is 0 Å². The van der Waals surface area contributed by atoms with Gasteiger partial charge in [0.05, 0.1) is 145 Å². The van der Waals surface area contributed by atoms with E-state index >= 15 is 0 Å². The molecule has 0 aromatic heterocycles. The average molecular weight is 881 g/mol. The van der Waals surface area contributed by atoms with Crippen LogP contribution in [0.4, 0.5) is 0 Å². The summed E-state index contributed by atoms with van der Waals surface area (Å²) in [6.45, 7) is 18.1. The number of esters is 2. The number of hydrogen-bond donors (Lipinski definition) is 0. The van der Waals surface area contributed by atoms with Gasteiger partial charge in [-0.1, -0.05) is 103 Å². The minimum Gasteiger partial charge on any atom is -0.463 e. The zero-order chi connectivity index (χ0) is 44.2. The lowest BCUT2D eigenvalue weighted by atomic mass is 10.0. The molecule has 61 heavy (non-hydrogen) atoms. The van der Waals surface area contributed by atoms with Crippen molar-refractivity contribution in [1.82, 2.24) is 0 Å². The van der Waals surface area contributed by atoms with Gasteiger partial charge in [-0.2, -0.15) is 0 Å². The van der Waals surface area contributed by atoms with Crippen LogP contribution in [-0.4, -0.2) is 171 Å². The highest BCUT2D eigenvalue weighted by molar-refractivity contribution is 5.86. The maximum atomic E-state index is 11.9. The first-order valence-electron chi connectivity index (χ1n) is 23.4. The van der Waals surface area contributed by atoms with Crippen molar-refractivity contribution >= 4 is 11.9 Å². The first-order chi connectivity index (χ1) is 30.1. The molecule has 0 rings (SSSR count). The quantitative estimate of drug-likeness (QED) is 0.0347. The lowest BCUT2D eigenvalue weighted by Gasteiger charge is -2.09. The Hall–Kier alpha value is -1.76. The van der Waals surface area contributed by atoms with Gasteiger partial charge < -0.3 is 61.6 Å². The van der Waals surface area contributed by atoms with E-state index in [1.807, 2.05) is 0 Å². The van der Waals surface area contributed by atoms with Gasteiger partial charge in [0.25, 0.3) is 0 Å². The minimum absolute atomic E-state index is 0.135. The van der Waals surface area contributed by atoms with Crippen LogP contribution in [0.2, 0.25) is 0 Å². The van der Waals surface area contributed by atoms with Gasteiger partial charge in [-0.3, -0.25) is 4.79 Å². The zero-order valence-corrected chi connectivity index (χ0v) is 38.6. The molecule has 0 heterocycles. The Labute approximate surface area is 369 Å². The van der Waals surface area contributed by atoms with E-state index in [0.29, 0.717) is 157 Å². The second kappa shape index (κ2) is 52.6. The highest BCUT2D eigenvalue weighted by Gasteiger charge is 2.04. The molecule has 0 N–H and O–H groups in total. The predicted octanol–water partition coefficient (Wildman–Crippen LogP) is 7.09. The highest BCUT2D eigenvalue weighted by Crippen LogP contribution is 2.14. The molecule has 0 saturated heterocycles. The summed E-state index contributed by atoms with van der Waals surface area (Å²) in [4.78, 5) is 23.1. The molecule has 0 radical (unpaired) electrons. The van der Waals surface area contributed by atoms with E-state index in [0.717, 1.165) is 12.8 Å². The molecule has 0 aromatic rings. The summed E-state index contributed by atoms with van der Waals surface area (Å²) < 4.78 is 70.3. The van der Waals surface area contributed by atoms with E-state index in [1.54, 1.807) is 6.92 Å². The Morgan fingerprint density at radius 2 is 0.525 bits per heavy atom. The Morgan fingerprint density at radius 1 is 0.311 bits per heavy atom. The topological polar surface area (TPSA) is 154 Å². The lowest BCUT2D eigenvalue weighted by molar-refractivity contribution is -0.145. The van der Waals surface area contributed by atoms with Crippen molar-refractivity contribution in [2.24, 2.45) is 0 Å². The number of carbonyl (C=O) groups is 2. The molecule has 0 amide bonds. The normalized spacial score (nSPS) is 11.4. The van der Waals surface area contributed by atoms with Gasteiger partial charge in [-0.15, -0.1) is 0 Å².